The number of ether oxygens (including phenoxy) is 1. The highest BCUT2D eigenvalue weighted by Crippen LogP contribution is 2.43. The van der Waals surface area contributed by atoms with Crippen LogP contribution >= 0.6 is 0 Å². The number of nitrogens with zero attached hydrogens (tertiary/aromatic N) is 3. The van der Waals surface area contributed by atoms with E-state index in [1.807, 2.05) is 35.2 Å². The van der Waals surface area contributed by atoms with E-state index in [1.165, 1.54) is 0 Å². The largest absolute Gasteiger partial charge is 0.468 e. The Morgan fingerprint density at radius 2 is 1.89 bits per heavy atom. The Bertz CT molecular complexity index is 780. The van der Waals surface area contributed by atoms with Crippen molar-refractivity contribution in [2.45, 2.75) is 25.0 Å². The van der Waals surface area contributed by atoms with Crippen LogP contribution in [0.3, 0.4) is 0 Å². The third-order valence-corrected chi connectivity index (χ3v) is 5.62. The van der Waals surface area contributed by atoms with E-state index in [-0.39, 0.29) is 11.6 Å². The number of rotatable bonds is 2. The molecule has 6 nitrogen and oxygen atoms in total. The molecule has 1 aromatic carbocycles. The van der Waals surface area contributed by atoms with E-state index < -0.39 is 0 Å². The molecule has 1 saturated heterocycles. The predicted molar refractivity (Wildman–Crippen MR) is 104 cm³/mol. The number of anilines is 1. The third-order valence-electron chi connectivity index (χ3n) is 5.62. The fourth-order valence-corrected chi connectivity index (χ4v) is 4.17. The van der Waals surface area contributed by atoms with Crippen molar-refractivity contribution >= 4 is 11.7 Å². The van der Waals surface area contributed by atoms with E-state index in [4.69, 9.17) is 9.15 Å². The Balaban J connectivity index is 1.57. The first kappa shape index (κ1) is 18.1. The number of hydrogen-bond donors (Lipinski definition) is 0. The lowest BCUT2D eigenvalue weighted by atomic mass is 9.83. The number of piperidine rings is 1. The summed E-state index contributed by atoms with van der Waals surface area (Å²) < 4.78 is 11.9. The maximum atomic E-state index is 12.7. The van der Waals surface area contributed by atoms with Crippen molar-refractivity contribution in [1.29, 1.82) is 0 Å². The molecule has 2 aromatic rings. The second kappa shape index (κ2) is 7.37. The molecule has 0 N–H and O–H groups in total. The fraction of sp³-hybridized carbons (Fsp3) is 0.476. The Morgan fingerprint density at radius 3 is 2.59 bits per heavy atom. The van der Waals surface area contributed by atoms with Crippen LogP contribution in [0, 0.1) is 0 Å². The number of carbonyl (C=O) groups is 1. The topological polar surface area (TPSA) is 49.2 Å². The summed E-state index contributed by atoms with van der Waals surface area (Å²) in [5.74, 6) is 0.996. The standard InChI is InChI=1S/C21H27N3O3/c1-22(2)20(25)24-13-15-27-21(18-7-3-4-8-19(18)24)9-11-23(12-10-21)16-17-6-5-14-26-17/h3-8,14H,9-13,15-16H2,1-2H3. The van der Waals surface area contributed by atoms with Crippen LogP contribution in [0.2, 0.25) is 0 Å². The number of benzene rings is 1. The monoisotopic (exact) mass is 369 g/mol. The molecule has 1 fully saturated rings. The zero-order valence-electron chi connectivity index (χ0n) is 16.1. The summed E-state index contributed by atoms with van der Waals surface area (Å²) in [6, 6.07) is 12.2. The molecule has 1 spiro atoms. The number of hydrogen-bond acceptors (Lipinski definition) is 4. The van der Waals surface area contributed by atoms with Gasteiger partial charge in [0.1, 0.15) is 5.76 Å². The molecule has 2 aliphatic heterocycles. The van der Waals surface area contributed by atoms with E-state index in [0.29, 0.717) is 13.2 Å². The van der Waals surface area contributed by atoms with Crippen LogP contribution in [0.4, 0.5) is 10.5 Å². The lowest BCUT2D eigenvalue weighted by molar-refractivity contribution is -0.0853. The van der Waals surface area contributed by atoms with Crippen molar-refractivity contribution in [3.05, 3.63) is 54.0 Å². The summed E-state index contributed by atoms with van der Waals surface area (Å²) >= 11 is 0. The van der Waals surface area contributed by atoms with Crippen LogP contribution in [0.1, 0.15) is 24.2 Å². The zero-order chi connectivity index (χ0) is 18.9. The summed E-state index contributed by atoms with van der Waals surface area (Å²) in [6.45, 7) is 3.83. The molecular formula is C21H27N3O3. The molecule has 1 aromatic heterocycles. The van der Waals surface area contributed by atoms with Gasteiger partial charge in [-0.3, -0.25) is 9.80 Å². The van der Waals surface area contributed by atoms with E-state index >= 15 is 0 Å². The molecule has 144 valence electrons. The molecule has 0 saturated carbocycles. The molecule has 0 radical (unpaired) electrons. The minimum Gasteiger partial charge on any atom is -0.468 e. The minimum atomic E-state index is -0.322. The van der Waals surface area contributed by atoms with Gasteiger partial charge in [0.05, 0.1) is 37.2 Å². The summed E-state index contributed by atoms with van der Waals surface area (Å²) in [7, 11) is 3.58. The second-order valence-corrected chi connectivity index (χ2v) is 7.54. The van der Waals surface area contributed by atoms with Crippen LogP contribution in [0.25, 0.3) is 0 Å². The number of likely N-dealkylation sites (tertiary alicyclic amines) is 1. The van der Waals surface area contributed by atoms with Gasteiger partial charge in [-0.25, -0.2) is 4.79 Å². The van der Waals surface area contributed by atoms with Gasteiger partial charge >= 0.3 is 6.03 Å². The Kier molecular flexibility index (Phi) is 4.93. The van der Waals surface area contributed by atoms with Crippen molar-refractivity contribution in [1.82, 2.24) is 9.80 Å². The van der Waals surface area contributed by atoms with Crippen LogP contribution < -0.4 is 4.90 Å². The molecule has 0 unspecified atom stereocenters. The lowest BCUT2D eigenvalue weighted by Gasteiger charge is -2.41. The molecule has 0 bridgehead atoms. The van der Waals surface area contributed by atoms with E-state index in [2.05, 4.69) is 11.0 Å². The summed E-state index contributed by atoms with van der Waals surface area (Å²) in [5, 5.41) is 0. The van der Waals surface area contributed by atoms with E-state index in [9.17, 15) is 4.79 Å². The van der Waals surface area contributed by atoms with Crippen molar-refractivity contribution in [2.24, 2.45) is 0 Å². The van der Waals surface area contributed by atoms with Gasteiger partial charge in [-0.2, -0.15) is 0 Å². The average molecular weight is 369 g/mol. The molecule has 27 heavy (non-hydrogen) atoms. The van der Waals surface area contributed by atoms with Gasteiger partial charge in [-0.1, -0.05) is 18.2 Å². The van der Waals surface area contributed by atoms with Gasteiger partial charge in [0, 0.05) is 32.7 Å². The number of furan rings is 1. The highest BCUT2D eigenvalue weighted by Gasteiger charge is 2.42. The predicted octanol–water partition coefficient (Wildman–Crippen LogP) is 3.29. The lowest BCUT2D eigenvalue weighted by Crippen LogP contribution is -2.43. The molecule has 2 amide bonds. The SMILES string of the molecule is CN(C)C(=O)N1CCOC2(CCN(Cc3ccco3)CC2)c2ccccc21. The van der Waals surface area contributed by atoms with Crippen LogP contribution in [0.5, 0.6) is 0 Å². The van der Waals surface area contributed by atoms with Gasteiger partial charge < -0.3 is 14.1 Å². The highest BCUT2D eigenvalue weighted by molar-refractivity contribution is 5.93. The first-order valence-electron chi connectivity index (χ1n) is 9.56. The van der Waals surface area contributed by atoms with E-state index in [0.717, 1.165) is 49.5 Å². The third kappa shape index (κ3) is 3.47. The van der Waals surface area contributed by atoms with Gasteiger partial charge in [-0.15, -0.1) is 0 Å². The van der Waals surface area contributed by atoms with E-state index in [1.54, 1.807) is 25.3 Å². The highest BCUT2D eigenvalue weighted by atomic mass is 16.5. The van der Waals surface area contributed by atoms with Crippen LogP contribution in [-0.2, 0) is 16.9 Å². The van der Waals surface area contributed by atoms with Crippen molar-refractivity contribution < 1.29 is 13.9 Å². The van der Waals surface area contributed by atoms with Gasteiger partial charge in [0.2, 0.25) is 0 Å². The fourth-order valence-electron chi connectivity index (χ4n) is 4.17. The Labute approximate surface area is 160 Å². The molecule has 4 rings (SSSR count). The molecule has 2 aliphatic rings. The number of carbonyl (C=O) groups excluding carboxylic acids is 1. The van der Waals surface area contributed by atoms with Crippen molar-refractivity contribution in [2.75, 3.05) is 45.2 Å². The summed E-state index contributed by atoms with van der Waals surface area (Å²) in [5.41, 5.74) is 1.79. The molecule has 0 atom stereocenters. The maximum absolute atomic E-state index is 12.7. The quantitative estimate of drug-likeness (QED) is 0.815. The number of amides is 2. The minimum absolute atomic E-state index is 0.00152. The average Bonchev–Trinajstić information content (AvgIpc) is 3.14. The van der Waals surface area contributed by atoms with Gasteiger partial charge in [0.15, 0.2) is 0 Å². The maximum Gasteiger partial charge on any atom is 0.324 e. The first-order valence-corrected chi connectivity index (χ1v) is 9.56. The van der Waals surface area contributed by atoms with Crippen molar-refractivity contribution in [3.63, 3.8) is 0 Å². The number of fused-ring (bicyclic) bond motifs is 2. The summed E-state index contributed by atoms with van der Waals surface area (Å²) in [6.07, 6.45) is 3.55. The van der Waals surface area contributed by atoms with Gasteiger partial charge in [0.25, 0.3) is 0 Å². The zero-order valence-corrected chi connectivity index (χ0v) is 16.1. The normalized spacial score (nSPS) is 19.6. The Hall–Kier alpha value is -2.31. The van der Waals surface area contributed by atoms with Crippen molar-refractivity contribution in [3.8, 4) is 0 Å². The number of para-hydroxylation sites is 1. The van der Waals surface area contributed by atoms with Crippen LogP contribution in [-0.4, -0.2) is 56.2 Å². The molecule has 3 heterocycles. The smallest absolute Gasteiger partial charge is 0.324 e. The van der Waals surface area contributed by atoms with Crippen LogP contribution in [0.15, 0.2) is 47.1 Å². The second-order valence-electron chi connectivity index (χ2n) is 7.54. The molecular weight excluding hydrogens is 342 g/mol. The molecule has 0 aliphatic carbocycles. The summed E-state index contributed by atoms with van der Waals surface area (Å²) in [4.78, 5) is 18.6. The van der Waals surface area contributed by atoms with Gasteiger partial charge in [-0.05, 0) is 31.0 Å². The first-order chi connectivity index (χ1) is 13.1. The number of urea groups is 1. The molecule has 6 heteroatoms. The Morgan fingerprint density at radius 1 is 1.11 bits per heavy atom.